The summed E-state index contributed by atoms with van der Waals surface area (Å²) in [7, 11) is -2.27. The van der Waals surface area contributed by atoms with Crippen molar-refractivity contribution in [3.05, 3.63) is 17.9 Å². The third-order valence-corrected chi connectivity index (χ3v) is 4.34. The lowest BCUT2D eigenvalue weighted by Gasteiger charge is -2.20. The number of carbonyl (C=O) groups is 1. The minimum Gasteiger partial charge on any atom is -0.494 e. The summed E-state index contributed by atoms with van der Waals surface area (Å²) in [6.07, 6.45) is -0.490. The predicted octanol–water partition coefficient (Wildman–Crippen LogP) is 1.25. The Labute approximate surface area is 120 Å². The molecule has 1 amide bonds. The Morgan fingerprint density at radius 2 is 1.86 bits per heavy atom. The molecular formula is C12H13F2NO5S. The van der Waals surface area contributed by atoms with Gasteiger partial charge in [-0.15, -0.1) is 3.89 Å². The SMILES string of the molecule is COc1cc(OC)c(N2CC(S(=O)(=O)F)CC2=O)cc1F. The van der Waals surface area contributed by atoms with Gasteiger partial charge in [-0.1, -0.05) is 0 Å². The van der Waals surface area contributed by atoms with Crippen molar-refractivity contribution in [2.75, 3.05) is 25.7 Å². The fourth-order valence-corrected chi connectivity index (χ4v) is 2.82. The highest BCUT2D eigenvalue weighted by Gasteiger charge is 2.40. The van der Waals surface area contributed by atoms with Crippen LogP contribution in [0.5, 0.6) is 11.5 Å². The van der Waals surface area contributed by atoms with Crippen LogP contribution in [0.3, 0.4) is 0 Å². The van der Waals surface area contributed by atoms with Gasteiger partial charge in [0.05, 0.1) is 19.9 Å². The van der Waals surface area contributed by atoms with E-state index in [-0.39, 0.29) is 23.7 Å². The lowest BCUT2D eigenvalue weighted by Crippen LogP contribution is -2.27. The van der Waals surface area contributed by atoms with E-state index in [0.717, 1.165) is 11.0 Å². The van der Waals surface area contributed by atoms with E-state index in [1.54, 1.807) is 0 Å². The summed E-state index contributed by atoms with van der Waals surface area (Å²) in [6.45, 7) is -0.389. The highest BCUT2D eigenvalue weighted by Crippen LogP contribution is 2.37. The van der Waals surface area contributed by atoms with Crippen molar-refractivity contribution in [2.45, 2.75) is 11.7 Å². The summed E-state index contributed by atoms with van der Waals surface area (Å²) >= 11 is 0. The summed E-state index contributed by atoms with van der Waals surface area (Å²) in [6, 6.07) is 2.22. The zero-order valence-corrected chi connectivity index (χ0v) is 12.1. The topological polar surface area (TPSA) is 72.9 Å². The minimum atomic E-state index is -4.84. The molecule has 0 aliphatic carbocycles. The number of anilines is 1. The molecule has 1 heterocycles. The lowest BCUT2D eigenvalue weighted by molar-refractivity contribution is -0.117. The number of halogens is 2. The zero-order valence-electron chi connectivity index (χ0n) is 11.3. The van der Waals surface area contributed by atoms with Gasteiger partial charge in [0.15, 0.2) is 11.6 Å². The van der Waals surface area contributed by atoms with Gasteiger partial charge in [0.25, 0.3) is 0 Å². The van der Waals surface area contributed by atoms with E-state index in [1.165, 1.54) is 20.3 Å². The molecule has 1 aromatic rings. The Morgan fingerprint density at radius 3 is 2.33 bits per heavy atom. The van der Waals surface area contributed by atoms with Gasteiger partial charge in [-0.05, 0) is 0 Å². The predicted molar refractivity (Wildman–Crippen MR) is 70.3 cm³/mol. The Hall–Kier alpha value is -1.90. The van der Waals surface area contributed by atoms with Crippen molar-refractivity contribution in [3.63, 3.8) is 0 Å². The fourth-order valence-electron chi connectivity index (χ4n) is 2.15. The molecule has 0 radical (unpaired) electrons. The van der Waals surface area contributed by atoms with Gasteiger partial charge in [-0.3, -0.25) is 4.79 Å². The van der Waals surface area contributed by atoms with Crippen molar-refractivity contribution < 1.29 is 31.0 Å². The van der Waals surface area contributed by atoms with E-state index >= 15 is 0 Å². The van der Waals surface area contributed by atoms with Crippen LogP contribution in [0, 0.1) is 5.82 Å². The largest absolute Gasteiger partial charge is 0.494 e. The Balaban J connectivity index is 2.43. The Morgan fingerprint density at radius 1 is 1.24 bits per heavy atom. The van der Waals surface area contributed by atoms with Gasteiger partial charge in [-0.2, -0.15) is 8.42 Å². The summed E-state index contributed by atoms with van der Waals surface area (Å²) < 4.78 is 58.4. The summed E-state index contributed by atoms with van der Waals surface area (Å²) in [5, 5.41) is -1.46. The smallest absolute Gasteiger partial charge is 0.307 e. The monoisotopic (exact) mass is 321 g/mol. The molecule has 0 aromatic heterocycles. The van der Waals surface area contributed by atoms with E-state index < -0.39 is 33.6 Å². The molecule has 6 nitrogen and oxygen atoms in total. The van der Waals surface area contributed by atoms with Crippen LogP contribution < -0.4 is 14.4 Å². The first-order chi connectivity index (χ1) is 9.77. The maximum Gasteiger partial charge on any atom is 0.307 e. The van der Waals surface area contributed by atoms with E-state index in [0.29, 0.717) is 0 Å². The number of benzene rings is 1. The second-order valence-electron chi connectivity index (χ2n) is 4.46. The minimum absolute atomic E-state index is 0.0342. The third kappa shape index (κ3) is 2.92. The molecule has 1 atom stereocenters. The average molecular weight is 321 g/mol. The molecule has 116 valence electrons. The van der Waals surface area contributed by atoms with Crippen LogP contribution in [-0.4, -0.2) is 40.3 Å². The first-order valence-electron chi connectivity index (χ1n) is 5.93. The number of rotatable bonds is 4. The summed E-state index contributed by atoms with van der Waals surface area (Å²) in [5.74, 6) is -1.33. The van der Waals surface area contributed by atoms with Gasteiger partial charge in [-0.25, -0.2) is 4.39 Å². The number of hydrogen-bond donors (Lipinski definition) is 0. The van der Waals surface area contributed by atoms with Crippen LogP contribution in [0.1, 0.15) is 6.42 Å². The van der Waals surface area contributed by atoms with Crippen LogP contribution in [0.15, 0.2) is 12.1 Å². The molecule has 9 heteroatoms. The molecule has 0 spiro atoms. The number of hydrogen-bond acceptors (Lipinski definition) is 5. The molecule has 1 saturated heterocycles. The zero-order chi connectivity index (χ0) is 15.8. The molecule has 1 aliphatic heterocycles. The number of ether oxygens (including phenoxy) is 2. The van der Waals surface area contributed by atoms with Gasteiger partial charge in [0.2, 0.25) is 5.91 Å². The summed E-state index contributed by atoms with van der Waals surface area (Å²) in [4.78, 5) is 12.8. The summed E-state index contributed by atoms with van der Waals surface area (Å²) in [5.41, 5.74) is 0.0342. The molecule has 2 rings (SSSR count). The van der Waals surface area contributed by atoms with Crippen LogP contribution in [0.2, 0.25) is 0 Å². The molecule has 1 aliphatic rings. The Bertz CT molecular complexity index is 676. The maximum atomic E-state index is 13.8. The molecule has 1 unspecified atom stereocenters. The van der Waals surface area contributed by atoms with Crippen LogP contribution >= 0.6 is 0 Å². The normalized spacial score (nSPS) is 19.0. The number of methoxy groups -OCH3 is 2. The van der Waals surface area contributed by atoms with Gasteiger partial charge in [0, 0.05) is 25.1 Å². The second kappa shape index (κ2) is 5.47. The van der Waals surface area contributed by atoms with Gasteiger partial charge < -0.3 is 14.4 Å². The lowest BCUT2D eigenvalue weighted by atomic mass is 10.2. The van der Waals surface area contributed by atoms with Crippen molar-refractivity contribution in [2.24, 2.45) is 0 Å². The second-order valence-corrected chi connectivity index (χ2v) is 6.08. The molecule has 1 fully saturated rings. The molecule has 0 N–H and O–H groups in total. The standard InChI is InChI=1S/C12H13F2NO5S/c1-19-10-5-11(20-2)9(4-8(10)13)15-6-7(3-12(15)16)21(14,17)18/h4-5,7H,3,6H2,1-2H3. The molecular weight excluding hydrogens is 308 g/mol. The maximum absolute atomic E-state index is 13.8. The third-order valence-electron chi connectivity index (χ3n) is 3.23. The number of nitrogens with zero attached hydrogens (tertiary/aromatic N) is 1. The molecule has 0 bridgehead atoms. The quantitative estimate of drug-likeness (QED) is 0.780. The van der Waals surface area contributed by atoms with E-state index in [4.69, 9.17) is 9.47 Å². The fraction of sp³-hybridized carbons (Fsp3) is 0.417. The number of amides is 1. The van der Waals surface area contributed by atoms with Gasteiger partial charge in [0.1, 0.15) is 11.0 Å². The molecule has 1 aromatic carbocycles. The Kier molecular flexibility index (Phi) is 4.04. The van der Waals surface area contributed by atoms with Crippen molar-refractivity contribution >= 4 is 21.8 Å². The van der Waals surface area contributed by atoms with Crippen molar-refractivity contribution in [1.29, 1.82) is 0 Å². The van der Waals surface area contributed by atoms with E-state index in [9.17, 15) is 21.5 Å². The van der Waals surface area contributed by atoms with Crippen LogP contribution in [-0.2, 0) is 15.0 Å². The highest BCUT2D eigenvalue weighted by atomic mass is 32.3. The van der Waals surface area contributed by atoms with Crippen molar-refractivity contribution in [1.82, 2.24) is 0 Å². The molecule has 0 saturated carbocycles. The molecule has 21 heavy (non-hydrogen) atoms. The average Bonchev–Trinajstić information content (AvgIpc) is 2.80. The van der Waals surface area contributed by atoms with Crippen LogP contribution in [0.25, 0.3) is 0 Å². The van der Waals surface area contributed by atoms with E-state index in [2.05, 4.69) is 0 Å². The number of carbonyl (C=O) groups excluding carboxylic acids is 1. The van der Waals surface area contributed by atoms with Gasteiger partial charge >= 0.3 is 10.2 Å². The first kappa shape index (κ1) is 15.5. The van der Waals surface area contributed by atoms with Crippen LogP contribution in [0.4, 0.5) is 14.0 Å². The van der Waals surface area contributed by atoms with E-state index in [1.807, 2.05) is 0 Å². The van der Waals surface area contributed by atoms with Crippen molar-refractivity contribution in [3.8, 4) is 11.5 Å². The first-order valence-corrected chi connectivity index (χ1v) is 7.38. The highest BCUT2D eigenvalue weighted by molar-refractivity contribution is 7.87.